The summed E-state index contributed by atoms with van der Waals surface area (Å²) in [5, 5.41) is 0. The smallest absolute Gasteiger partial charge is 0.302 e. The van der Waals surface area contributed by atoms with E-state index in [0.29, 0.717) is 6.61 Å². The van der Waals surface area contributed by atoms with Gasteiger partial charge in [-0.1, -0.05) is 38.8 Å². The Labute approximate surface area is 107 Å². The van der Waals surface area contributed by atoms with Crippen LogP contribution in [0.15, 0.2) is 33.2 Å². The second-order valence-electron chi connectivity index (χ2n) is 2.78. The molecule has 0 saturated heterocycles. The highest BCUT2D eigenvalue weighted by Gasteiger charge is 1.85. The third-order valence-corrected chi connectivity index (χ3v) is 2.37. The molecule has 0 amide bonds. The molecular formula is C11H14Br2O2. The molecular weight excluding hydrogens is 324 g/mol. The zero-order valence-electron chi connectivity index (χ0n) is 8.80. The fourth-order valence-electron chi connectivity index (χ4n) is 0.675. The Morgan fingerprint density at radius 1 is 1.20 bits per heavy atom. The number of rotatable bonds is 2. The van der Waals surface area contributed by atoms with E-state index in [9.17, 15) is 4.79 Å². The van der Waals surface area contributed by atoms with Gasteiger partial charge in [0, 0.05) is 15.9 Å². The van der Waals surface area contributed by atoms with Crippen molar-refractivity contribution in [2.24, 2.45) is 0 Å². The molecule has 1 aromatic carbocycles. The average molecular weight is 338 g/mol. The molecule has 0 unspecified atom stereocenters. The first-order chi connectivity index (χ1) is 7.06. The second-order valence-corrected chi connectivity index (χ2v) is 4.61. The molecule has 0 aliphatic rings. The number of halogens is 2. The number of hydrogen-bond acceptors (Lipinski definition) is 2. The minimum Gasteiger partial charge on any atom is -0.466 e. The van der Waals surface area contributed by atoms with Crippen LogP contribution in [0.5, 0.6) is 0 Å². The number of benzene rings is 1. The van der Waals surface area contributed by atoms with Crippen molar-refractivity contribution in [2.75, 3.05) is 6.61 Å². The molecule has 0 bridgehead atoms. The molecule has 0 fully saturated rings. The number of esters is 1. The van der Waals surface area contributed by atoms with Crippen molar-refractivity contribution in [3.05, 3.63) is 33.2 Å². The standard InChI is InChI=1S/C6H4Br2.C5H10O2/c7-5-1-2-6(8)4-3-5;1-3-4-7-5(2)6/h1-4H;3-4H2,1-2H3. The summed E-state index contributed by atoms with van der Waals surface area (Å²) in [6.45, 7) is 3.92. The first kappa shape index (κ1) is 14.6. The fraction of sp³-hybridized carbons (Fsp3) is 0.364. The highest BCUT2D eigenvalue weighted by molar-refractivity contribution is 9.11. The van der Waals surface area contributed by atoms with E-state index in [1.807, 2.05) is 31.2 Å². The van der Waals surface area contributed by atoms with Gasteiger partial charge < -0.3 is 4.74 Å². The summed E-state index contributed by atoms with van der Waals surface area (Å²) in [6.07, 6.45) is 0.902. The average Bonchev–Trinajstić information content (AvgIpc) is 2.20. The van der Waals surface area contributed by atoms with Gasteiger partial charge in [0.2, 0.25) is 0 Å². The van der Waals surface area contributed by atoms with Crippen LogP contribution in [0.3, 0.4) is 0 Å². The quantitative estimate of drug-likeness (QED) is 0.757. The minimum atomic E-state index is -0.193. The summed E-state index contributed by atoms with van der Waals surface area (Å²) in [5.41, 5.74) is 0. The van der Waals surface area contributed by atoms with Crippen molar-refractivity contribution in [1.29, 1.82) is 0 Å². The molecule has 0 heterocycles. The van der Waals surface area contributed by atoms with Gasteiger partial charge in [0.05, 0.1) is 6.61 Å². The molecule has 4 heteroatoms. The molecule has 1 aromatic rings. The molecule has 0 aromatic heterocycles. The molecule has 0 aliphatic carbocycles. The highest BCUT2D eigenvalue weighted by Crippen LogP contribution is 2.14. The summed E-state index contributed by atoms with van der Waals surface area (Å²) < 4.78 is 6.78. The summed E-state index contributed by atoms with van der Waals surface area (Å²) in [6, 6.07) is 7.96. The summed E-state index contributed by atoms with van der Waals surface area (Å²) in [7, 11) is 0. The Balaban J connectivity index is 0.000000265. The largest absolute Gasteiger partial charge is 0.466 e. The van der Waals surface area contributed by atoms with Crippen molar-refractivity contribution in [3.63, 3.8) is 0 Å². The normalized spacial score (nSPS) is 8.80. The van der Waals surface area contributed by atoms with Gasteiger partial charge in [0.1, 0.15) is 0 Å². The van der Waals surface area contributed by atoms with Crippen molar-refractivity contribution >= 4 is 37.8 Å². The van der Waals surface area contributed by atoms with Gasteiger partial charge in [-0.15, -0.1) is 0 Å². The molecule has 0 saturated carbocycles. The minimum absolute atomic E-state index is 0.193. The van der Waals surface area contributed by atoms with Gasteiger partial charge in [-0.3, -0.25) is 4.79 Å². The second kappa shape index (κ2) is 8.92. The topological polar surface area (TPSA) is 26.3 Å². The van der Waals surface area contributed by atoms with Crippen LogP contribution in [0.4, 0.5) is 0 Å². The van der Waals surface area contributed by atoms with E-state index in [-0.39, 0.29) is 5.97 Å². The third kappa shape index (κ3) is 9.94. The number of ether oxygens (including phenoxy) is 1. The van der Waals surface area contributed by atoms with E-state index in [1.54, 1.807) is 0 Å². The molecule has 2 nitrogen and oxygen atoms in total. The highest BCUT2D eigenvalue weighted by atomic mass is 79.9. The summed E-state index contributed by atoms with van der Waals surface area (Å²) in [4.78, 5) is 9.98. The van der Waals surface area contributed by atoms with Crippen LogP contribution >= 0.6 is 31.9 Å². The van der Waals surface area contributed by atoms with E-state index in [1.165, 1.54) is 6.92 Å². The maximum Gasteiger partial charge on any atom is 0.302 e. The summed E-state index contributed by atoms with van der Waals surface area (Å²) in [5.74, 6) is -0.193. The SMILES string of the molecule is Brc1ccc(Br)cc1.CCCOC(C)=O. The van der Waals surface area contributed by atoms with Crippen molar-refractivity contribution in [2.45, 2.75) is 20.3 Å². The lowest BCUT2D eigenvalue weighted by molar-refractivity contribution is -0.140. The Morgan fingerprint density at radius 2 is 1.60 bits per heavy atom. The van der Waals surface area contributed by atoms with Gasteiger partial charge in [-0.25, -0.2) is 0 Å². The van der Waals surface area contributed by atoms with Crippen LogP contribution in [0.2, 0.25) is 0 Å². The van der Waals surface area contributed by atoms with Crippen LogP contribution in [0, 0.1) is 0 Å². The molecule has 0 N–H and O–H groups in total. The first-order valence-corrected chi connectivity index (χ1v) is 6.19. The molecule has 0 aliphatic heterocycles. The number of carbonyl (C=O) groups is 1. The molecule has 0 atom stereocenters. The van der Waals surface area contributed by atoms with Gasteiger partial charge in [0.15, 0.2) is 0 Å². The van der Waals surface area contributed by atoms with Gasteiger partial charge in [0.25, 0.3) is 0 Å². The van der Waals surface area contributed by atoms with E-state index in [0.717, 1.165) is 15.4 Å². The molecule has 0 radical (unpaired) electrons. The van der Waals surface area contributed by atoms with Gasteiger partial charge in [-0.05, 0) is 30.7 Å². The number of carbonyl (C=O) groups excluding carboxylic acids is 1. The monoisotopic (exact) mass is 336 g/mol. The molecule has 84 valence electrons. The van der Waals surface area contributed by atoms with Crippen LogP contribution < -0.4 is 0 Å². The van der Waals surface area contributed by atoms with Crippen LogP contribution in [0.1, 0.15) is 20.3 Å². The van der Waals surface area contributed by atoms with E-state index in [4.69, 9.17) is 0 Å². The van der Waals surface area contributed by atoms with E-state index >= 15 is 0 Å². The lowest BCUT2D eigenvalue weighted by atomic mass is 10.4. The van der Waals surface area contributed by atoms with Crippen molar-refractivity contribution in [3.8, 4) is 0 Å². The summed E-state index contributed by atoms with van der Waals surface area (Å²) >= 11 is 6.65. The molecule has 0 spiro atoms. The van der Waals surface area contributed by atoms with Gasteiger partial charge >= 0.3 is 5.97 Å². The van der Waals surface area contributed by atoms with Crippen LogP contribution in [-0.4, -0.2) is 12.6 Å². The fourth-order valence-corrected chi connectivity index (χ4v) is 1.20. The lowest BCUT2D eigenvalue weighted by Gasteiger charge is -1.93. The predicted molar refractivity (Wildman–Crippen MR) is 68.8 cm³/mol. The first-order valence-electron chi connectivity index (χ1n) is 4.60. The maximum atomic E-state index is 9.98. The third-order valence-electron chi connectivity index (χ3n) is 1.31. The van der Waals surface area contributed by atoms with Crippen LogP contribution in [-0.2, 0) is 9.53 Å². The van der Waals surface area contributed by atoms with E-state index in [2.05, 4.69) is 36.6 Å². The Kier molecular flexibility index (Phi) is 8.71. The van der Waals surface area contributed by atoms with Crippen molar-refractivity contribution in [1.82, 2.24) is 0 Å². The lowest BCUT2D eigenvalue weighted by Crippen LogP contribution is -1.98. The van der Waals surface area contributed by atoms with Crippen LogP contribution in [0.25, 0.3) is 0 Å². The predicted octanol–water partition coefficient (Wildman–Crippen LogP) is 4.17. The maximum absolute atomic E-state index is 9.98. The Bertz CT molecular complexity index is 262. The Morgan fingerprint density at radius 3 is 1.80 bits per heavy atom. The number of hydrogen-bond donors (Lipinski definition) is 0. The molecule has 15 heavy (non-hydrogen) atoms. The molecule has 1 rings (SSSR count). The Hall–Kier alpha value is -0.350. The zero-order chi connectivity index (χ0) is 11.7. The zero-order valence-corrected chi connectivity index (χ0v) is 12.0. The van der Waals surface area contributed by atoms with Gasteiger partial charge in [-0.2, -0.15) is 0 Å². The van der Waals surface area contributed by atoms with E-state index < -0.39 is 0 Å². The van der Waals surface area contributed by atoms with Crippen molar-refractivity contribution < 1.29 is 9.53 Å².